The number of allylic oxidation sites excluding steroid dienone is 4. The van der Waals surface area contributed by atoms with E-state index in [1.54, 1.807) is 12.2 Å². The molecule has 4 rings (SSSR count). The second-order valence-corrected chi connectivity index (χ2v) is 11.1. The molecule has 3 fully saturated rings. The molecule has 8 heteroatoms. The molecule has 0 heterocycles. The third-order valence-electron chi connectivity index (χ3n) is 9.33. The maximum atomic E-state index is 13.1. The van der Waals surface area contributed by atoms with E-state index in [1.165, 1.54) is 0 Å². The molecule has 2 N–H and O–H groups in total. The molecule has 0 amide bonds. The lowest BCUT2D eigenvalue weighted by Crippen LogP contribution is -2.62. The van der Waals surface area contributed by atoms with E-state index in [0.717, 1.165) is 12.0 Å². The number of carbonyl (C=O) groups is 4. The van der Waals surface area contributed by atoms with Crippen LogP contribution in [0.15, 0.2) is 23.8 Å². The molecule has 4 aliphatic carbocycles. The molecule has 0 saturated heterocycles. The van der Waals surface area contributed by atoms with Gasteiger partial charge in [-0.2, -0.15) is 0 Å². The highest BCUT2D eigenvalue weighted by molar-refractivity contribution is 6.01. The largest absolute Gasteiger partial charge is 0.550 e. The van der Waals surface area contributed by atoms with Gasteiger partial charge in [0.25, 0.3) is 0 Å². The lowest BCUT2D eigenvalue weighted by atomic mass is 9.45. The summed E-state index contributed by atoms with van der Waals surface area (Å²) < 4.78 is 4.95. The van der Waals surface area contributed by atoms with Gasteiger partial charge in [-0.3, -0.25) is 14.4 Å². The lowest BCUT2D eigenvalue weighted by Gasteiger charge is -2.60. The van der Waals surface area contributed by atoms with E-state index in [1.807, 2.05) is 13.0 Å². The smallest absolute Gasteiger partial charge is 0.306 e. The molecule has 0 aromatic rings. The third-order valence-corrected chi connectivity index (χ3v) is 9.33. The van der Waals surface area contributed by atoms with Gasteiger partial charge in [-0.25, -0.2) is 0 Å². The average molecular weight is 474 g/mol. The number of carboxylic acids is 1. The molecule has 8 nitrogen and oxygen atoms in total. The highest BCUT2D eigenvalue weighted by Crippen LogP contribution is 2.67. The number of hydrogen-bond acceptors (Lipinski definition) is 8. The normalized spacial score (nSPS) is 42.8. The zero-order chi connectivity index (χ0) is 25.1. The van der Waals surface area contributed by atoms with Crippen LogP contribution in [0.3, 0.4) is 0 Å². The summed E-state index contributed by atoms with van der Waals surface area (Å²) in [4.78, 5) is 47.5. The van der Waals surface area contributed by atoms with Gasteiger partial charge < -0.3 is 24.9 Å². The second-order valence-electron chi connectivity index (χ2n) is 11.1. The molecule has 0 bridgehead atoms. The van der Waals surface area contributed by atoms with Crippen LogP contribution in [0.5, 0.6) is 0 Å². The first-order chi connectivity index (χ1) is 15.8. The van der Waals surface area contributed by atoms with Gasteiger partial charge in [0.05, 0.1) is 12.5 Å². The summed E-state index contributed by atoms with van der Waals surface area (Å²) in [6.45, 7) is 5.36. The molecule has 34 heavy (non-hydrogen) atoms. The fourth-order valence-electron chi connectivity index (χ4n) is 7.75. The summed E-state index contributed by atoms with van der Waals surface area (Å²) in [5.41, 5.74) is -2.07. The van der Waals surface area contributed by atoms with E-state index in [4.69, 9.17) is 4.74 Å². The van der Waals surface area contributed by atoms with Gasteiger partial charge in [0.15, 0.2) is 12.4 Å². The summed E-state index contributed by atoms with van der Waals surface area (Å²) in [7, 11) is 0. The number of aliphatic carboxylic acids is 1. The van der Waals surface area contributed by atoms with E-state index >= 15 is 0 Å². The Hall–Kier alpha value is -2.32. The molecule has 0 spiro atoms. The Labute approximate surface area is 199 Å². The van der Waals surface area contributed by atoms with Crippen molar-refractivity contribution in [3.63, 3.8) is 0 Å². The van der Waals surface area contributed by atoms with Crippen LogP contribution in [0.1, 0.15) is 59.3 Å². The van der Waals surface area contributed by atoms with Gasteiger partial charge in [0, 0.05) is 22.7 Å². The van der Waals surface area contributed by atoms with E-state index in [0.29, 0.717) is 6.42 Å². The minimum atomic E-state index is -1.75. The zero-order valence-electron chi connectivity index (χ0n) is 19.9. The van der Waals surface area contributed by atoms with Crippen molar-refractivity contribution in [1.82, 2.24) is 0 Å². The molecule has 0 radical (unpaired) electrons. The number of fused-ring (bicyclic) bond motifs is 5. The van der Waals surface area contributed by atoms with Gasteiger partial charge in [0.1, 0.15) is 5.60 Å². The van der Waals surface area contributed by atoms with Gasteiger partial charge in [-0.05, 0) is 62.0 Å². The number of aliphatic hydroxyl groups excluding tert-OH is 1. The summed E-state index contributed by atoms with van der Waals surface area (Å²) >= 11 is 0. The minimum Gasteiger partial charge on any atom is -0.550 e. The lowest BCUT2D eigenvalue weighted by molar-refractivity contribution is -0.305. The van der Waals surface area contributed by atoms with E-state index in [9.17, 15) is 34.5 Å². The van der Waals surface area contributed by atoms with Gasteiger partial charge in [0.2, 0.25) is 5.78 Å². The fraction of sp³-hybridized carbons (Fsp3) is 0.692. The number of aliphatic hydroxyl groups is 2. The van der Waals surface area contributed by atoms with Gasteiger partial charge in [-0.15, -0.1) is 0 Å². The van der Waals surface area contributed by atoms with Crippen LogP contribution < -0.4 is 5.11 Å². The van der Waals surface area contributed by atoms with Crippen LogP contribution in [-0.2, 0) is 23.9 Å². The molecule has 0 aromatic carbocycles. The predicted octanol–water partition coefficient (Wildman–Crippen LogP) is 0.885. The molecular formula is C26H33O8-. The molecule has 4 aliphatic rings. The van der Waals surface area contributed by atoms with Crippen molar-refractivity contribution >= 4 is 23.5 Å². The molecule has 0 aliphatic heterocycles. The number of Topliss-reactive ketones (excluding diaryl/α,β-unsaturated/α-hetero) is 1. The zero-order valence-corrected chi connectivity index (χ0v) is 19.9. The van der Waals surface area contributed by atoms with Crippen LogP contribution in [-0.4, -0.2) is 52.0 Å². The first kappa shape index (κ1) is 24.8. The van der Waals surface area contributed by atoms with Crippen LogP contribution >= 0.6 is 0 Å². The van der Waals surface area contributed by atoms with Crippen molar-refractivity contribution in [3.8, 4) is 0 Å². The SMILES string of the molecule is C[C@H]1CC2C([C@@H](O)C[C@@]3(C)C2CC[C@]3(O)C(=O)COC(=O)CCC(=O)[O-])[C@@]2(C)C=CC(=O)C=C12. The summed E-state index contributed by atoms with van der Waals surface area (Å²) in [5, 5.41) is 33.6. The minimum absolute atomic E-state index is 0.0181. The standard InChI is InChI=1S/C26H34O8/c1-14-10-16-17-7-9-26(33,20(29)13-34-22(32)5-4-21(30)31)25(17,3)12-19(28)23(16)24(2)8-6-15(27)11-18(14)24/h6,8,11,14,16-17,19,23,28,33H,4-5,7,9-10,12-13H2,1-3H3,(H,30,31)/p-1/t14-,16?,17?,19-,23?,24-,25-,26-/m0/s1. The Balaban J connectivity index is 1.56. The summed E-state index contributed by atoms with van der Waals surface area (Å²) in [6, 6.07) is 0. The Morgan fingerprint density at radius 1 is 1.24 bits per heavy atom. The van der Waals surface area contributed by atoms with E-state index < -0.39 is 59.7 Å². The fourth-order valence-corrected chi connectivity index (χ4v) is 7.75. The topological polar surface area (TPSA) is 141 Å². The number of hydrogen-bond donors (Lipinski definition) is 2. The molecule has 3 unspecified atom stereocenters. The highest BCUT2D eigenvalue weighted by atomic mass is 16.5. The van der Waals surface area contributed by atoms with Crippen molar-refractivity contribution in [3.05, 3.63) is 23.8 Å². The Kier molecular flexibility index (Phi) is 6.13. The Morgan fingerprint density at radius 2 is 1.94 bits per heavy atom. The molecule has 0 aromatic heterocycles. The average Bonchev–Trinajstić information content (AvgIpc) is 3.03. The molecule has 8 atom stereocenters. The Bertz CT molecular complexity index is 981. The van der Waals surface area contributed by atoms with Crippen molar-refractivity contribution < 1.29 is 39.2 Å². The van der Waals surface area contributed by atoms with E-state index in [2.05, 4.69) is 13.8 Å². The summed E-state index contributed by atoms with van der Waals surface area (Å²) in [5.74, 6) is -2.85. The number of ether oxygens (including phenoxy) is 1. The van der Waals surface area contributed by atoms with E-state index in [-0.39, 0.29) is 42.3 Å². The van der Waals surface area contributed by atoms with Crippen molar-refractivity contribution in [2.45, 2.75) is 71.0 Å². The quantitative estimate of drug-likeness (QED) is 0.542. The number of rotatable bonds is 6. The van der Waals surface area contributed by atoms with Gasteiger partial charge >= 0.3 is 5.97 Å². The number of carboxylic acid groups (broad SMARTS) is 1. The monoisotopic (exact) mass is 473 g/mol. The first-order valence-electron chi connectivity index (χ1n) is 12.1. The van der Waals surface area contributed by atoms with Crippen LogP contribution in [0.25, 0.3) is 0 Å². The van der Waals surface area contributed by atoms with Crippen LogP contribution in [0, 0.1) is 34.5 Å². The predicted molar refractivity (Wildman–Crippen MR) is 118 cm³/mol. The number of esters is 1. The second kappa shape index (κ2) is 8.41. The molecule has 186 valence electrons. The third kappa shape index (κ3) is 3.66. The van der Waals surface area contributed by atoms with Crippen molar-refractivity contribution in [2.24, 2.45) is 34.5 Å². The van der Waals surface area contributed by atoms with Crippen molar-refractivity contribution in [1.29, 1.82) is 0 Å². The first-order valence-corrected chi connectivity index (χ1v) is 12.1. The van der Waals surface area contributed by atoms with Crippen LogP contribution in [0.2, 0.25) is 0 Å². The molecule has 3 saturated carbocycles. The summed E-state index contributed by atoms with van der Waals surface area (Å²) in [6.07, 6.45) is 5.30. The van der Waals surface area contributed by atoms with Crippen LogP contribution in [0.4, 0.5) is 0 Å². The van der Waals surface area contributed by atoms with Gasteiger partial charge in [-0.1, -0.05) is 32.4 Å². The number of ketones is 2. The van der Waals surface area contributed by atoms with Crippen molar-refractivity contribution in [2.75, 3.05) is 6.61 Å². The molecular weight excluding hydrogens is 440 g/mol. The number of carbonyl (C=O) groups excluding carboxylic acids is 4. The highest BCUT2D eigenvalue weighted by Gasteiger charge is 2.68. The maximum Gasteiger partial charge on any atom is 0.306 e. The Morgan fingerprint density at radius 3 is 2.62 bits per heavy atom. The maximum absolute atomic E-state index is 13.1.